The number of ketones is 1. The lowest BCUT2D eigenvalue weighted by atomic mass is 10.0. The highest BCUT2D eigenvalue weighted by Crippen LogP contribution is 2.18. The third-order valence-corrected chi connectivity index (χ3v) is 3.15. The molecule has 0 aliphatic heterocycles. The highest BCUT2D eigenvalue weighted by atomic mass is 16.5. The zero-order chi connectivity index (χ0) is 14.7. The monoisotopic (exact) mass is 278 g/mol. The predicted octanol–water partition coefficient (Wildman–Crippen LogP) is 3.26. The molecule has 0 fully saturated rings. The van der Waals surface area contributed by atoms with Crippen molar-refractivity contribution in [3.8, 4) is 5.75 Å². The quantitative estimate of drug-likeness (QED) is 0.687. The van der Waals surface area contributed by atoms with E-state index in [1.807, 2.05) is 31.2 Å². The molecule has 21 heavy (non-hydrogen) atoms. The lowest BCUT2D eigenvalue weighted by molar-refractivity contribution is 0.103. The van der Waals surface area contributed by atoms with Crippen molar-refractivity contribution in [2.75, 3.05) is 6.61 Å². The molecule has 0 N–H and O–H groups in total. The summed E-state index contributed by atoms with van der Waals surface area (Å²) in [6.45, 7) is 2.44. The first-order valence-electron chi connectivity index (χ1n) is 6.75. The van der Waals surface area contributed by atoms with Gasteiger partial charge in [0.1, 0.15) is 5.75 Å². The standard InChI is InChI=1S/C17H14N2O2/c1-2-21-15-9-14(10-18-11-15)17(20)13-5-6-16-12(8-13)4-3-7-19-16/h3-11H,2H2,1H3. The van der Waals surface area contributed by atoms with Crippen LogP contribution < -0.4 is 4.74 Å². The van der Waals surface area contributed by atoms with Gasteiger partial charge in [0.05, 0.1) is 18.3 Å². The van der Waals surface area contributed by atoms with Crippen LogP contribution in [0.4, 0.5) is 0 Å². The molecule has 0 atom stereocenters. The van der Waals surface area contributed by atoms with Gasteiger partial charge in [-0.05, 0) is 37.3 Å². The maximum absolute atomic E-state index is 12.5. The Morgan fingerprint density at radius 2 is 2.05 bits per heavy atom. The van der Waals surface area contributed by atoms with Gasteiger partial charge >= 0.3 is 0 Å². The van der Waals surface area contributed by atoms with Gasteiger partial charge in [0.2, 0.25) is 0 Å². The largest absolute Gasteiger partial charge is 0.492 e. The van der Waals surface area contributed by atoms with Gasteiger partial charge < -0.3 is 4.74 Å². The van der Waals surface area contributed by atoms with Gasteiger partial charge in [-0.1, -0.05) is 6.07 Å². The Hall–Kier alpha value is -2.75. The summed E-state index contributed by atoms with van der Waals surface area (Å²) in [7, 11) is 0. The molecule has 0 aliphatic rings. The maximum atomic E-state index is 12.5. The molecule has 2 heterocycles. The molecule has 4 heteroatoms. The number of aromatic nitrogens is 2. The Morgan fingerprint density at radius 3 is 2.90 bits per heavy atom. The molecule has 0 radical (unpaired) electrons. The summed E-state index contributed by atoms with van der Waals surface area (Å²) < 4.78 is 5.38. The molecule has 104 valence electrons. The van der Waals surface area contributed by atoms with Crippen LogP contribution in [0.25, 0.3) is 10.9 Å². The number of pyridine rings is 2. The van der Waals surface area contributed by atoms with Gasteiger partial charge in [-0.2, -0.15) is 0 Å². The van der Waals surface area contributed by atoms with Crippen molar-refractivity contribution >= 4 is 16.7 Å². The number of fused-ring (bicyclic) bond motifs is 1. The van der Waals surface area contributed by atoms with Gasteiger partial charge in [-0.25, -0.2) is 0 Å². The number of hydrogen-bond acceptors (Lipinski definition) is 4. The van der Waals surface area contributed by atoms with Crippen molar-refractivity contribution < 1.29 is 9.53 Å². The molecule has 1 aromatic carbocycles. The summed E-state index contributed by atoms with van der Waals surface area (Å²) >= 11 is 0. The Bertz CT molecular complexity index is 799. The summed E-state index contributed by atoms with van der Waals surface area (Å²) in [6, 6.07) is 11.0. The number of nitrogens with zero attached hydrogens (tertiary/aromatic N) is 2. The van der Waals surface area contributed by atoms with E-state index in [0.29, 0.717) is 23.5 Å². The van der Waals surface area contributed by atoms with Gasteiger partial charge in [0.15, 0.2) is 5.78 Å². The first-order chi connectivity index (χ1) is 10.3. The maximum Gasteiger partial charge on any atom is 0.194 e. The number of hydrogen-bond donors (Lipinski definition) is 0. The van der Waals surface area contributed by atoms with E-state index >= 15 is 0 Å². The van der Waals surface area contributed by atoms with Crippen LogP contribution in [0.5, 0.6) is 5.75 Å². The highest BCUT2D eigenvalue weighted by molar-refractivity contribution is 6.10. The summed E-state index contributed by atoms with van der Waals surface area (Å²) in [5.41, 5.74) is 2.00. The van der Waals surface area contributed by atoms with E-state index in [-0.39, 0.29) is 5.78 Å². The van der Waals surface area contributed by atoms with Crippen LogP contribution in [0.2, 0.25) is 0 Å². The first-order valence-corrected chi connectivity index (χ1v) is 6.75. The van der Waals surface area contributed by atoms with E-state index in [0.717, 1.165) is 10.9 Å². The molecular formula is C17H14N2O2. The number of rotatable bonds is 4. The minimum atomic E-state index is -0.0743. The second-order valence-corrected chi connectivity index (χ2v) is 4.58. The van der Waals surface area contributed by atoms with Crippen molar-refractivity contribution in [3.05, 3.63) is 66.1 Å². The number of carbonyl (C=O) groups excluding carboxylic acids is 1. The molecule has 3 rings (SSSR count). The molecule has 0 spiro atoms. The van der Waals surface area contributed by atoms with Gasteiger partial charge in [-0.15, -0.1) is 0 Å². The Morgan fingerprint density at radius 1 is 1.14 bits per heavy atom. The van der Waals surface area contributed by atoms with Crippen LogP contribution in [0, 0.1) is 0 Å². The van der Waals surface area contributed by atoms with Gasteiger partial charge in [0.25, 0.3) is 0 Å². The van der Waals surface area contributed by atoms with E-state index in [1.54, 1.807) is 30.7 Å². The van der Waals surface area contributed by atoms with Crippen LogP contribution >= 0.6 is 0 Å². The highest BCUT2D eigenvalue weighted by Gasteiger charge is 2.11. The summed E-state index contributed by atoms with van der Waals surface area (Å²) in [6.07, 6.45) is 4.89. The van der Waals surface area contributed by atoms with Crippen LogP contribution in [0.3, 0.4) is 0 Å². The van der Waals surface area contributed by atoms with Crippen molar-refractivity contribution in [1.82, 2.24) is 9.97 Å². The van der Waals surface area contributed by atoms with Crippen molar-refractivity contribution in [1.29, 1.82) is 0 Å². The second-order valence-electron chi connectivity index (χ2n) is 4.58. The van der Waals surface area contributed by atoms with E-state index < -0.39 is 0 Å². The van der Waals surface area contributed by atoms with Gasteiger partial charge in [0, 0.05) is 28.9 Å². The fourth-order valence-corrected chi connectivity index (χ4v) is 2.17. The predicted molar refractivity (Wildman–Crippen MR) is 80.6 cm³/mol. The smallest absolute Gasteiger partial charge is 0.194 e. The van der Waals surface area contributed by atoms with Crippen molar-refractivity contribution in [2.24, 2.45) is 0 Å². The fourth-order valence-electron chi connectivity index (χ4n) is 2.17. The minimum absolute atomic E-state index is 0.0743. The molecule has 0 unspecified atom stereocenters. The van der Waals surface area contributed by atoms with E-state index in [9.17, 15) is 4.79 Å². The molecule has 3 aromatic rings. The molecule has 2 aromatic heterocycles. The normalized spacial score (nSPS) is 10.5. The van der Waals surface area contributed by atoms with Crippen LogP contribution in [-0.4, -0.2) is 22.4 Å². The zero-order valence-electron chi connectivity index (χ0n) is 11.6. The topological polar surface area (TPSA) is 52.1 Å². The van der Waals surface area contributed by atoms with Gasteiger partial charge in [-0.3, -0.25) is 14.8 Å². The average molecular weight is 278 g/mol. The van der Waals surface area contributed by atoms with Crippen molar-refractivity contribution in [2.45, 2.75) is 6.92 Å². The van der Waals surface area contributed by atoms with Crippen LogP contribution in [0.15, 0.2) is 55.0 Å². The van der Waals surface area contributed by atoms with E-state index in [1.165, 1.54) is 0 Å². The van der Waals surface area contributed by atoms with Crippen molar-refractivity contribution in [3.63, 3.8) is 0 Å². The zero-order valence-corrected chi connectivity index (χ0v) is 11.6. The number of carbonyl (C=O) groups is 1. The molecule has 0 bridgehead atoms. The summed E-state index contributed by atoms with van der Waals surface area (Å²) in [5, 5.41) is 0.942. The molecule has 0 saturated carbocycles. The average Bonchev–Trinajstić information content (AvgIpc) is 2.54. The fraction of sp³-hybridized carbons (Fsp3) is 0.118. The first kappa shape index (κ1) is 13.2. The second kappa shape index (κ2) is 5.71. The summed E-state index contributed by atoms with van der Waals surface area (Å²) in [4.78, 5) is 20.8. The summed E-state index contributed by atoms with van der Waals surface area (Å²) in [5.74, 6) is 0.528. The van der Waals surface area contributed by atoms with E-state index in [2.05, 4.69) is 9.97 Å². The third-order valence-electron chi connectivity index (χ3n) is 3.15. The lowest BCUT2D eigenvalue weighted by Gasteiger charge is -2.06. The number of ether oxygens (including phenoxy) is 1. The Kier molecular flexibility index (Phi) is 3.60. The molecule has 0 aliphatic carbocycles. The Labute approximate surface area is 122 Å². The van der Waals surface area contributed by atoms with Crippen LogP contribution in [-0.2, 0) is 0 Å². The van der Waals surface area contributed by atoms with E-state index in [4.69, 9.17) is 4.74 Å². The number of benzene rings is 1. The van der Waals surface area contributed by atoms with Crippen LogP contribution in [0.1, 0.15) is 22.8 Å². The molecular weight excluding hydrogens is 264 g/mol. The third kappa shape index (κ3) is 2.74. The Balaban J connectivity index is 1.97. The SMILES string of the molecule is CCOc1cncc(C(=O)c2ccc3ncccc3c2)c1. The lowest BCUT2D eigenvalue weighted by Crippen LogP contribution is -2.03. The molecule has 0 saturated heterocycles. The minimum Gasteiger partial charge on any atom is -0.492 e. The molecule has 0 amide bonds. The molecule has 4 nitrogen and oxygen atoms in total.